The van der Waals surface area contributed by atoms with Gasteiger partial charge in [-0.15, -0.1) is 11.3 Å². The summed E-state index contributed by atoms with van der Waals surface area (Å²) in [6.07, 6.45) is 7.71. The van der Waals surface area contributed by atoms with Crippen molar-refractivity contribution >= 4 is 17.2 Å². The van der Waals surface area contributed by atoms with Crippen molar-refractivity contribution in [3.05, 3.63) is 34.7 Å². The first kappa shape index (κ1) is 14.4. The number of rotatable bonds is 5. The second kappa shape index (κ2) is 6.95. The summed E-state index contributed by atoms with van der Waals surface area (Å²) in [6, 6.07) is 0. The Balaban J connectivity index is 1.41. The average molecular weight is 303 g/mol. The van der Waals surface area contributed by atoms with Gasteiger partial charge < -0.3 is 4.90 Å². The second-order valence-corrected chi connectivity index (χ2v) is 6.30. The first-order valence-electron chi connectivity index (χ1n) is 7.45. The minimum absolute atomic E-state index is 0.998. The first-order chi connectivity index (χ1) is 10.3. The summed E-state index contributed by atoms with van der Waals surface area (Å²) in [4.78, 5) is 19.1. The molecule has 0 spiro atoms. The Morgan fingerprint density at radius 3 is 2.67 bits per heavy atom. The lowest BCUT2D eigenvalue weighted by Crippen LogP contribution is -2.47. The molecule has 0 bridgehead atoms. The van der Waals surface area contributed by atoms with Gasteiger partial charge in [0.25, 0.3) is 0 Å². The molecule has 0 aliphatic carbocycles. The summed E-state index contributed by atoms with van der Waals surface area (Å²) in [5.41, 5.74) is 3.15. The quantitative estimate of drug-likeness (QED) is 0.845. The Labute approximate surface area is 129 Å². The third kappa shape index (κ3) is 3.77. The van der Waals surface area contributed by atoms with Crippen LogP contribution in [0.15, 0.2) is 24.1 Å². The molecule has 0 N–H and O–H groups in total. The third-order valence-electron chi connectivity index (χ3n) is 3.97. The molecular weight excluding hydrogens is 282 g/mol. The normalized spacial score (nSPS) is 16.3. The molecule has 21 heavy (non-hydrogen) atoms. The zero-order valence-electron chi connectivity index (χ0n) is 12.4. The number of hydrogen-bond donors (Lipinski definition) is 0. The predicted octanol–water partition coefficient (Wildman–Crippen LogP) is 2.00. The van der Waals surface area contributed by atoms with Crippen molar-refractivity contribution in [2.75, 3.05) is 37.6 Å². The van der Waals surface area contributed by atoms with Crippen molar-refractivity contribution in [2.45, 2.75) is 19.8 Å². The minimum atomic E-state index is 0.998. The van der Waals surface area contributed by atoms with Crippen LogP contribution in [0.1, 0.15) is 17.0 Å². The van der Waals surface area contributed by atoms with Gasteiger partial charge in [0.2, 0.25) is 0 Å². The van der Waals surface area contributed by atoms with Gasteiger partial charge in [-0.05, 0) is 26.3 Å². The van der Waals surface area contributed by atoms with Gasteiger partial charge in [-0.3, -0.25) is 9.88 Å². The van der Waals surface area contributed by atoms with Gasteiger partial charge >= 0.3 is 0 Å². The summed E-state index contributed by atoms with van der Waals surface area (Å²) < 4.78 is 0. The molecule has 6 heteroatoms. The maximum Gasteiger partial charge on any atom is 0.147 e. The summed E-state index contributed by atoms with van der Waals surface area (Å²) >= 11 is 1.78. The maximum absolute atomic E-state index is 4.37. The molecule has 0 amide bonds. The lowest BCUT2D eigenvalue weighted by atomic mass is 10.2. The van der Waals surface area contributed by atoms with E-state index in [0.717, 1.165) is 38.4 Å². The van der Waals surface area contributed by atoms with Crippen LogP contribution in [0.4, 0.5) is 5.82 Å². The molecule has 1 saturated heterocycles. The zero-order chi connectivity index (χ0) is 14.5. The average Bonchev–Trinajstić information content (AvgIpc) is 2.94. The Kier molecular flexibility index (Phi) is 4.77. The van der Waals surface area contributed by atoms with Gasteiger partial charge in [0, 0.05) is 43.4 Å². The molecule has 3 rings (SSSR count). The second-order valence-electron chi connectivity index (χ2n) is 5.36. The van der Waals surface area contributed by atoms with Gasteiger partial charge in [-0.25, -0.2) is 9.97 Å². The predicted molar refractivity (Wildman–Crippen MR) is 85.9 cm³/mol. The van der Waals surface area contributed by atoms with Crippen LogP contribution < -0.4 is 4.90 Å². The summed E-state index contributed by atoms with van der Waals surface area (Å²) in [5, 5.41) is 0. The molecule has 0 radical (unpaired) electrons. The zero-order valence-corrected chi connectivity index (χ0v) is 13.2. The van der Waals surface area contributed by atoms with Crippen LogP contribution in [-0.2, 0) is 6.42 Å². The van der Waals surface area contributed by atoms with Crippen LogP contribution in [0.25, 0.3) is 0 Å². The SMILES string of the molecule is Cc1ncsc1CCCN1CCN(c2cnccn2)CC1. The molecule has 2 aromatic heterocycles. The van der Waals surface area contributed by atoms with E-state index in [0.29, 0.717) is 0 Å². The number of aromatic nitrogens is 3. The molecule has 2 aromatic rings. The molecule has 1 aliphatic rings. The number of thiazole rings is 1. The fraction of sp³-hybridized carbons (Fsp3) is 0.533. The van der Waals surface area contributed by atoms with Crippen LogP contribution >= 0.6 is 11.3 Å². The van der Waals surface area contributed by atoms with E-state index in [1.54, 1.807) is 23.7 Å². The lowest BCUT2D eigenvalue weighted by molar-refractivity contribution is 0.254. The van der Waals surface area contributed by atoms with E-state index in [1.165, 1.54) is 23.5 Å². The molecule has 0 atom stereocenters. The fourth-order valence-electron chi connectivity index (χ4n) is 2.68. The lowest BCUT2D eigenvalue weighted by Gasteiger charge is -2.35. The van der Waals surface area contributed by atoms with E-state index in [4.69, 9.17) is 0 Å². The highest BCUT2D eigenvalue weighted by Crippen LogP contribution is 2.15. The van der Waals surface area contributed by atoms with Crippen molar-refractivity contribution in [2.24, 2.45) is 0 Å². The van der Waals surface area contributed by atoms with Crippen LogP contribution in [0.3, 0.4) is 0 Å². The highest BCUT2D eigenvalue weighted by Gasteiger charge is 2.17. The van der Waals surface area contributed by atoms with Gasteiger partial charge in [0.1, 0.15) is 5.82 Å². The number of piperazine rings is 1. The molecule has 5 nitrogen and oxygen atoms in total. The Hall–Kier alpha value is -1.53. The smallest absolute Gasteiger partial charge is 0.147 e. The number of nitrogens with zero attached hydrogens (tertiary/aromatic N) is 5. The molecule has 0 saturated carbocycles. The van der Waals surface area contributed by atoms with E-state index in [9.17, 15) is 0 Å². The van der Waals surface area contributed by atoms with Crippen molar-refractivity contribution in [1.29, 1.82) is 0 Å². The number of hydrogen-bond acceptors (Lipinski definition) is 6. The standard InChI is InChI=1S/C15H21N5S/c1-13-14(21-12-18-13)3-2-6-19-7-9-20(10-8-19)15-11-16-4-5-17-15/h4-5,11-12H,2-3,6-10H2,1H3. The van der Waals surface area contributed by atoms with E-state index in [1.807, 2.05) is 11.7 Å². The highest BCUT2D eigenvalue weighted by molar-refractivity contribution is 7.09. The monoisotopic (exact) mass is 303 g/mol. The van der Waals surface area contributed by atoms with E-state index >= 15 is 0 Å². The molecule has 0 aromatic carbocycles. The van der Waals surface area contributed by atoms with E-state index in [-0.39, 0.29) is 0 Å². The Bertz CT molecular complexity index is 548. The van der Waals surface area contributed by atoms with Gasteiger partial charge in [0.15, 0.2) is 0 Å². The Morgan fingerprint density at radius 2 is 2.00 bits per heavy atom. The third-order valence-corrected chi connectivity index (χ3v) is 4.96. The molecule has 1 fully saturated rings. The van der Waals surface area contributed by atoms with Gasteiger partial charge in [0.05, 0.1) is 17.4 Å². The van der Waals surface area contributed by atoms with Crippen LogP contribution in [-0.4, -0.2) is 52.6 Å². The maximum atomic E-state index is 4.37. The van der Waals surface area contributed by atoms with Gasteiger partial charge in [-0.1, -0.05) is 0 Å². The summed E-state index contributed by atoms with van der Waals surface area (Å²) in [5.74, 6) is 0.998. The minimum Gasteiger partial charge on any atom is -0.353 e. The van der Waals surface area contributed by atoms with Crippen molar-refractivity contribution in [3.63, 3.8) is 0 Å². The molecule has 3 heterocycles. The van der Waals surface area contributed by atoms with Crippen LogP contribution in [0, 0.1) is 6.92 Å². The first-order valence-corrected chi connectivity index (χ1v) is 8.33. The fourth-order valence-corrected chi connectivity index (χ4v) is 3.51. The van der Waals surface area contributed by atoms with Crippen molar-refractivity contribution < 1.29 is 0 Å². The summed E-state index contributed by atoms with van der Waals surface area (Å²) in [7, 11) is 0. The summed E-state index contributed by atoms with van der Waals surface area (Å²) in [6.45, 7) is 7.57. The topological polar surface area (TPSA) is 45.2 Å². The van der Waals surface area contributed by atoms with Gasteiger partial charge in [-0.2, -0.15) is 0 Å². The largest absolute Gasteiger partial charge is 0.353 e. The molecule has 112 valence electrons. The molecule has 0 unspecified atom stereocenters. The number of aryl methyl sites for hydroxylation is 2. The number of anilines is 1. The molecule has 1 aliphatic heterocycles. The van der Waals surface area contributed by atoms with E-state index < -0.39 is 0 Å². The molecular formula is C15H21N5S. The van der Waals surface area contributed by atoms with Crippen LogP contribution in [0.5, 0.6) is 0 Å². The van der Waals surface area contributed by atoms with E-state index in [2.05, 4.69) is 31.7 Å². The van der Waals surface area contributed by atoms with Crippen molar-refractivity contribution in [1.82, 2.24) is 19.9 Å². The van der Waals surface area contributed by atoms with Crippen LogP contribution in [0.2, 0.25) is 0 Å². The Morgan fingerprint density at radius 1 is 1.14 bits per heavy atom. The van der Waals surface area contributed by atoms with Crippen molar-refractivity contribution in [3.8, 4) is 0 Å². The highest BCUT2D eigenvalue weighted by atomic mass is 32.1.